The van der Waals surface area contributed by atoms with Gasteiger partial charge in [-0.2, -0.15) is 0 Å². The second-order valence-corrected chi connectivity index (χ2v) is 5.45. The van der Waals surface area contributed by atoms with Crippen molar-refractivity contribution < 1.29 is 14.6 Å². The summed E-state index contributed by atoms with van der Waals surface area (Å²) in [4.78, 5) is 17.8. The van der Waals surface area contributed by atoms with Crippen molar-refractivity contribution >= 4 is 11.8 Å². The first-order valence-electron chi connectivity index (χ1n) is 7.40. The lowest BCUT2D eigenvalue weighted by molar-refractivity contribution is 0.152. The Kier molecular flexibility index (Phi) is 4.15. The Bertz CT molecular complexity index is 483. The van der Waals surface area contributed by atoms with Crippen LogP contribution in [0.4, 0.5) is 10.5 Å². The van der Waals surface area contributed by atoms with E-state index in [1.54, 1.807) is 17.0 Å². The van der Waals surface area contributed by atoms with Gasteiger partial charge in [-0.05, 0) is 24.3 Å². The Morgan fingerprint density at radius 3 is 2.33 bits per heavy atom. The second kappa shape index (κ2) is 6.22. The highest BCUT2D eigenvalue weighted by Gasteiger charge is 2.23. The standard InChI is InChI=1S/C15H21N3O3/c19-14-3-1-13(2-4-14)17-8-5-16(6-9-17)7-10-18-11-12-21-15(18)20/h1-4,19H,5-12H2. The van der Waals surface area contributed by atoms with Gasteiger partial charge in [0.2, 0.25) is 0 Å². The molecule has 0 saturated carbocycles. The largest absolute Gasteiger partial charge is 0.508 e. The Morgan fingerprint density at radius 2 is 1.71 bits per heavy atom. The average Bonchev–Trinajstić information content (AvgIpc) is 2.92. The summed E-state index contributed by atoms with van der Waals surface area (Å²) in [6, 6.07) is 7.35. The number of phenolic OH excluding ortho intramolecular Hbond substituents is 1. The molecule has 21 heavy (non-hydrogen) atoms. The van der Waals surface area contributed by atoms with Gasteiger partial charge in [-0.15, -0.1) is 0 Å². The van der Waals surface area contributed by atoms with Crippen molar-refractivity contribution in [2.24, 2.45) is 0 Å². The summed E-state index contributed by atoms with van der Waals surface area (Å²) < 4.78 is 4.93. The number of hydrogen-bond acceptors (Lipinski definition) is 5. The van der Waals surface area contributed by atoms with E-state index >= 15 is 0 Å². The van der Waals surface area contributed by atoms with Crippen LogP contribution in [0, 0.1) is 0 Å². The molecule has 1 aromatic rings. The summed E-state index contributed by atoms with van der Waals surface area (Å²) in [7, 11) is 0. The number of anilines is 1. The van der Waals surface area contributed by atoms with Crippen LogP contribution >= 0.6 is 0 Å². The molecule has 2 saturated heterocycles. The molecule has 0 radical (unpaired) electrons. The summed E-state index contributed by atoms with van der Waals surface area (Å²) >= 11 is 0. The fraction of sp³-hybridized carbons (Fsp3) is 0.533. The van der Waals surface area contributed by atoms with Gasteiger partial charge >= 0.3 is 6.09 Å². The normalized spacial score (nSPS) is 19.9. The first-order valence-corrected chi connectivity index (χ1v) is 7.40. The van der Waals surface area contributed by atoms with Crippen LogP contribution in [0.15, 0.2) is 24.3 Å². The van der Waals surface area contributed by atoms with Crippen LogP contribution in [0.3, 0.4) is 0 Å². The maximum Gasteiger partial charge on any atom is 0.409 e. The van der Waals surface area contributed by atoms with E-state index < -0.39 is 0 Å². The number of benzene rings is 1. The topological polar surface area (TPSA) is 56.2 Å². The molecule has 1 aromatic carbocycles. The van der Waals surface area contributed by atoms with E-state index in [0.29, 0.717) is 18.9 Å². The predicted molar refractivity (Wildman–Crippen MR) is 79.7 cm³/mol. The van der Waals surface area contributed by atoms with Crippen molar-refractivity contribution in [2.45, 2.75) is 0 Å². The predicted octanol–water partition coefficient (Wildman–Crippen LogP) is 0.966. The number of nitrogens with zero attached hydrogens (tertiary/aromatic N) is 3. The SMILES string of the molecule is O=C1OCCN1CCN1CCN(c2ccc(O)cc2)CC1. The zero-order valence-corrected chi connectivity index (χ0v) is 12.1. The van der Waals surface area contributed by atoms with Gasteiger partial charge in [-0.3, -0.25) is 4.90 Å². The first kappa shape index (κ1) is 14.0. The van der Waals surface area contributed by atoms with Crippen molar-refractivity contribution in [1.82, 2.24) is 9.80 Å². The number of ether oxygens (including phenoxy) is 1. The number of carbonyl (C=O) groups excluding carboxylic acids is 1. The Morgan fingerprint density at radius 1 is 1.00 bits per heavy atom. The molecule has 6 heteroatoms. The van der Waals surface area contributed by atoms with Gasteiger partial charge in [0.15, 0.2) is 0 Å². The maximum atomic E-state index is 11.4. The van der Waals surface area contributed by atoms with Crippen molar-refractivity contribution in [3.63, 3.8) is 0 Å². The summed E-state index contributed by atoms with van der Waals surface area (Å²) in [5, 5.41) is 9.32. The Hall–Kier alpha value is -1.95. The van der Waals surface area contributed by atoms with Gasteiger partial charge in [-0.1, -0.05) is 0 Å². The number of piperazine rings is 1. The molecule has 0 atom stereocenters. The molecule has 0 unspecified atom stereocenters. The van der Waals surface area contributed by atoms with Crippen LogP contribution < -0.4 is 4.90 Å². The third kappa shape index (κ3) is 3.39. The number of rotatable bonds is 4. The molecule has 0 aromatic heterocycles. The molecule has 1 N–H and O–H groups in total. The minimum absolute atomic E-state index is 0.183. The van der Waals surface area contributed by atoms with Gasteiger partial charge in [0.1, 0.15) is 12.4 Å². The van der Waals surface area contributed by atoms with Crippen LogP contribution in [0.5, 0.6) is 5.75 Å². The van der Waals surface area contributed by atoms with E-state index in [0.717, 1.165) is 45.0 Å². The molecule has 0 bridgehead atoms. The molecule has 2 heterocycles. The van der Waals surface area contributed by atoms with E-state index in [1.807, 2.05) is 12.1 Å². The lowest BCUT2D eigenvalue weighted by atomic mass is 10.2. The number of carbonyl (C=O) groups is 1. The second-order valence-electron chi connectivity index (χ2n) is 5.45. The van der Waals surface area contributed by atoms with Gasteiger partial charge in [0, 0.05) is 45.0 Å². The zero-order chi connectivity index (χ0) is 14.7. The number of hydrogen-bond donors (Lipinski definition) is 1. The van der Waals surface area contributed by atoms with Crippen molar-refractivity contribution in [1.29, 1.82) is 0 Å². The van der Waals surface area contributed by atoms with Gasteiger partial charge in [0.25, 0.3) is 0 Å². The number of phenols is 1. The number of cyclic esters (lactones) is 1. The average molecular weight is 291 g/mol. The third-order valence-corrected chi connectivity index (χ3v) is 4.12. The highest BCUT2D eigenvalue weighted by molar-refractivity contribution is 5.69. The Labute approximate surface area is 124 Å². The van der Waals surface area contributed by atoms with Crippen LogP contribution in [0.1, 0.15) is 0 Å². The smallest absolute Gasteiger partial charge is 0.409 e. The highest BCUT2D eigenvalue weighted by Crippen LogP contribution is 2.19. The summed E-state index contributed by atoms with van der Waals surface area (Å²) in [6.45, 7) is 6.80. The summed E-state index contributed by atoms with van der Waals surface area (Å²) in [6.07, 6.45) is -0.183. The molecule has 3 rings (SSSR count). The van der Waals surface area contributed by atoms with E-state index in [9.17, 15) is 9.90 Å². The van der Waals surface area contributed by atoms with E-state index in [4.69, 9.17) is 4.74 Å². The van der Waals surface area contributed by atoms with E-state index in [1.165, 1.54) is 0 Å². The minimum Gasteiger partial charge on any atom is -0.508 e. The van der Waals surface area contributed by atoms with Crippen LogP contribution in [0.25, 0.3) is 0 Å². The van der Waals surface area contributed by atoms with Crippen LogP contribution in [0.2, 0.25) is 0 Å². The fourth-order valence-corrected chi connectivity index (χ4v) is 2.78. The molecule has 1 amide bonds. The fourth-order valence-electron chi connectivity index (χ4n) is 2.78. The van der Waals surface area contributed by atoms with Gasteiger partial charge < -0.3 is 19.6 Å². The lowest BCUT2D eigenvalue weighted by Crippen LogP contribution is -2.48. The summed E-state index contributed by atoms with van der Waals surface area (Å²) in [5.74, 6) is 0.301. The third-order valence-electron chi connectivity index (χ3n) is 4.12. The molecule has 6 nitrogen and oxygen atoms in total. The molecule has 2 aliphatic heterocycles. The molecule has 0 aliphatic carbocycles. The van der Waals surface area contributed by atoms with Crippen LogP contribution in [-0.4, -0.2) is 73.4 Å². The molecule has 114 valence electrons. The van der Waals surface area contributed by atoms with E-state index in [-0.39, 0.29) is 6.09 Å². The van der Waals surface area contributed by atoms with Gasteiger partial charge in [-0.25, -0.2) is 4.79 Å². The lowest BCUT2D eigenvalue weighted by Gasteiger charge is -2.36. The highest BCUT2D eigenvalue weighted by atomic mass is 16.6. The quantitative estimate of drug-likeness (QED) is 0.896. The molecule has 2 aliphatic rings. The molecule has 2 fully saturated rings. The molecular weight excluding hydrogens is 270 g/mol. The Balaban J connectivity index is 1.44. The summed E-state index contributed by atoms with van der Waals surface area (Å²) in [5.41, 5.74) is 1.15. The van der Waals surface area contributed by atoms with Crippen molar-refractivity contribution in [3.8, 4) is 5.75 Å². The van der Waals surface area contributed by atoms with Gasteiger partial charge in [0.05, 0.1) is 6.54 Å². The number of aromatic hydroxyl groups is 1. The monoisotopic (exact) mass is 291 g/mol. The zero-order valence-electron chi connectivity index (χ0n) is 12.1. The first-order chi connectivity index (χ1) is 10.2. The maximum absolute atomic E-state index is 11.4. The molecular formula is C15H21N3O3. The van der Waals surface area contributed by atoms with Crippen LogP contribution in [-0.2, 0) is 4.74 Å². The van der Waals surface area contributed by atoms with Crippen molar-refractivity contribution in [3.05, 3.63) is 24.3 Å². The minimum atomic E-state index is -0.183. The number of amides is 1. The van der Waals surface area contributed by atoms with Crippen molar-refractivity contribution in [2.75, 3.05) is 57.3 Å². The van der Waals surface area contributed by atoms with E-state index in [2.05, 4.69) is 9.80 Å². The molecule has 0 spiro atoms.